The summed E-state index contributed by atoms with van der Waals surface area (Å²) < 4.78 is 4.96. The summed E-state index contributed by atoms with van der Waals surface area (Å²) >= 11 is 0. The van der Waals surface area contributed by atoms with E-state index < -0.39 is 11.7 Å². The zero-order chi connectivity index (χ0) is 14.8. The number of ether oxygens (including phenoxy) is 1. The summed E-state index contributed by atoms with van der Waals surface area (Å²) in [7, 11) is 0. The van der Waals surface area contributed by atoms with Crippen molar-refractivity contribution >= 4 is 12.3 Å². The van der Waals surface area contributed by atoms with Crippen LogP contribution in [0, 0.1) is 48.5 Å². The van der Waals surface area contributed by atoms with Crippen molar-refractivity contribution in [2.75, 3.05) is 0 Å². The van der Waals surface area contributed by atoms with Crippen LogP contribution in [0.5, 0.6) is 0 Å². The number of hydrogen-bond acceptors (Lipinski definition) is 3. The molecule has 5 heteroatoms. The number of carbonyl (C=O) groups excluding carboxylic acids is 1. The molecule has 0 atom stereocenters. The van der Waals surface area contributed by atoms with Crippen LogP contribution in [0.4, 0.5) is 4.79 Å². The van der Waals surface area contributed by atoms with Crippen molar-refractivity contribution in [2.24, 2.45) is 5.10 Å². The van der Waals surface area contributed by atoms with Crippen LogP contribution in [0.15, 0.2) is 11.2 Å². The minimum atomic E-state index is -0.599. The van der Waals surface area contributed by atoms with Crippen molar-refractivity contribution < 1.29 is 26.6 Å². The third-order valence-electron chi connectivity index (χ3n) is 1.56. The molecule has 0 bridgehead atoms. The molecule has 0 saturated carbocycles. The van der Waals surface area contributed by atoms with Gasteiger partial charge in [0.1, 0.15) is 5.60 Å². The fourth-order valence-electron chi connectivity index (χ4n) is 0.924. The Hall–Kier alpha value is -1.84. The van der Waals surface area contributed by atoms with Gasteiger partial charge in [0.25, 0.3) is 0 Å². The Kier molecular flexibility index (Phi) is 9.10. The van der Waals surface area contributed by atoms with Gasteiger partial charge in [-0.15, -0.1) is 0 Å². The molecule has 2 aromatic carbocycles. The van der Waals surface area contributed by atoms with Gasteiger partial charge in [-0.2, -0.15) is 0 Å². The van der Waals surface area contributed by atoms with Crippen LogP contribution in [-0.4, -0.2) is 17.9 Å². The molecule has 0 unspecified atom stereocenters. The standard InChI is InChI=1S/C11H11N2O2.C5H.Fe/c1-11(2,3)15-10(14)13-12-8-9-6-4-5-7-9;1-2-4-5-3-1;/h8H,1-3H3,(H,13,14);1H;/q2*-5;. The van der Waals surface area contributed by atoms with E-state index in [-0.39, 0.29) is 17.1 Å². The summed E-state index contributed by atoms with van der Waals surface area (Å²) in [4.78, 5) is 11.1. The number of carbonyl (C=O) groups is 1. The molecule has 0 heterocycles. The van der Waals surface area contributed by atoms with Crippen LogP contribution in [0.3, 0.4) is 0 Å². The Labute approximate surface area is 136 Å². The number of amides is 1. The van der Waals surface area contributed by atoms with Crippen LogP contribution in [0.1, 0.15) is 26.3 Å². The SMILES string of the molecule is CC(C)(C)OC(=O)NN=C[c-]1[c-][c-][c-][c-]1.[Fe].[c-]1[c-][c-][cH-][c-]1. The molecule has 4 nitrogen and oxygen atoms in total. The molecule has 2 aromatic rings. The van der Waals surface area contributed by atoms with Crippen molar-refractivity contribution in [3.8, 4) is 0 Å². The number of rotatable bonds is 2. The summed E-state index contributed by atoms with van der Waals surface area (Å²) in [6.45, 7) is 5.33. The molecular weight excluding hydrogens is 308 g/mol. The average molecular weight is 320 g/mol. The largest absolute Gasteiger partial charge is 0.999 e. The molecule has 0 spiro atoms. The van der Waals surface area contributed by atoms with Gasteiger partial charge in [0, 0.05) is 17.1 Å². The fourth-order valence-corrected chi connectivity index (χ4v) is 0.924. The Balaban J connectivity index is 0.000000562. The second-order valence-electron chi connectivity index (χ2n) is 4.47. The summed E-state index contributed by atoms with van der Waals surface area (Å²) in [5.41, 5.74) is 2.26. The zero-order valence-electron chi connectivity index (χ0n) is 11.8. The molecule has 2 rings (SSSR count). The van der Waals surface area contributed by atoms with Gasteiger partial charge in [0.05, 0.1) is 0 Å². The summed E-state index contributed by atoms with van der Waals surface area (Å²) in [6.07, 6.45) is 0.787. The maximum absolute atomic E-state index is 11.1. The van der Waals surface area contributed by atoms with Crippen molar-refractivity contribution in [2.45, 2.75) is 26.4 Å². The van der Waals surface area contributed by atoms with Crippen LogP contribution in [-0.2, 0) is 21.8 Å². The van der Waals surface area contributed by atoms with Gasteiger partial charge in [-0.1, -0.05) is 0 Å². The molecular formula is C16H12FeN2O2-10. The first-order valence-electron chi connectivity index (χ1n) is 5.71. The normalized spacial score (nSPS) is 10.2. The Bertz CT molecular complexity index is 480. The zero-order valence-corrected chi connectivity index (χ0v) is 12.9. The summed E-state index contributed by atoms with van der Waals surface area (Å²) in [6, 6.07) is 22.5. The molecule has 0 aliphatic carbocycles. The van der Waals surface area contributed by atoms with E-state index in [1.807, 2.05) is 0 Å². The topological polar surface area (TPSA) is 50.7 Å². The molecule has 21 heavy (non-hydrogen) atoms. The Morgan fingerprint density at radius 2 is 1.76 bits per heavy atom. The quantitative estimate of drug-likeness (QED) is 0.399. The van der Waals surface area contributed by atoms with Crippen LogP contribution >= 0.6 is 0 Å². The second kappa shape index (κ2) is 9.97. The van der Waals surface area contributed by atoms with Gasteiger partial charge in [-0.3, -0.25) is 0 Å². The van der Waals surface area contributed by atoms with Crippen molar-refractivity contribution in [3.05, 3.63) is 60.2 Å². The van der Waals surface area contributed by atoms with Crippen LogP contribution in [0.2, 0.25) is 0 Å². The van der Waals surface area contributed by atoms with E-state index in [0.29, 0.717) is 5.56 Å². The number of hydrazone groups is 1. The first-order chi connectivity index (χ1) is 9.47. The van der Waals surface area contributed by atoms with E-state index in [2.05, 4.69) is 59.1 Å². The second-order valence-corrected chi connectivity index (χ2v) is 4.47. The van der Waals surface area contributed by atoms with Gasteiger partial charge in [0.15, 0.2) is 0 Å². The monoisotopic (exact) mass is 320 g/mol. The van der Waals surface area contributed by atoms with Gasteiger partial charge in [0.2, 0.25) is 0 Å². The summed E-state index contributed by atoms with van der Waals surface area (Å²) in [5.74, 6) is 0. The van der Waals surface area contributed by atoms with Gasteiger partial charge in [-0.05, 0) is 20.8 Å². The maximum atomic E-state index is 11.1. The van der Waals surface area contributed by atoms with Gasteiger partial charge in [-0.25, -0.2) is 10.2 Å². The van der Waals surface area contributed by atoms with Crippen molar-refractivity contribution in [1.82, 2.24) is 5.43 Å². The van der Waals surface area contributed by atoms with E-state index in [9.17, 15) is 4.79 Å². The smallest absolute Gasteiger partial charge is 0.426 e. The Morgan fingerprint density at radius 1 is 1.19 bits per heavy atom. The average Bonchev–Trinajstić information content (AvgIpc) is 3.02. The van der Waals surface area contributed by atoms with E-state index in [4.69, 9.17) is 4.74 Å². The molecule has 0 aliphatic rings. The molecule has 116 valence electrons. The van der Waals surface area contributed by atoms with Crippen molar-refractivity contribution in [1.29, 1.82) is 0 Å². The van der Waals surface area contributed by atoms with Gasteiger partial charge < -0.3 is 76.2 Å². The number of hydrogen-bond donors (Lipinski definition) is 1. The molecule has 0 fully saturated rings. The predicted octanol–water partition coefficient (Wildman–Crippen LogP) is 2.07. The van der Waals surface area contributed by atoms with E-state index >= 15 is 0 Å². The predicted molar refractivity (Wildman–Crippen MR) is 71.7 cm³/mol. The van der Waals surface area contributed by atoms with Crippen molar-refractivity contribution in [3.63, 3.8) is 0 Å². The number of nitrogens with one attached hydrogen (secondary N) is 1. The first kappa shape index (κ1) is 19.2. The molecule has 1 N–H and O–H groups in total. The molecule has 0 radical (unpaired) electrons. The molecule has 0 aromatic heterocycles. The molecule has 1 amide bonds. The van der Waals surface area contributed by atoms with E-state index in [1.54, 1.807) is 26.8 Å². The van der Waals surface area contributed by atoms with E-state index in [0.717, 1.165) is 0 Å². The third-order valence-corrected chi connectivity index (χ3v) is 1.56. The molecule has 0 aliphatic heterocycles. The molecule has 0 saturated heterocycles. The summed E-state index contributed by atoms with van der Waals surface area (Å²) in [5, 5.41) is 3.65. The van der Waals surface area contributed by atoms with E-state index in [1.165, 1.54) is 6.21 Å². The first-order valence-corrected chi connectivity index (χ1v) is 5.71. The minimum Gasteiger partial charge on any atom is -0.999 e. The maximum Gasteiger partial charge on any atom is 0.426 e. The minimum absolute atomic E-state index is 0. The Morgan fingerprint density at radius 3 is 2.19 bits per heavy atom. The fraction of sp³-hybridized carbons (Fsp3) is 0.250. The van der Waals surface area contributed by atoms with Crippen LogP contribution < -0.4 is 5.43 Å². The third kappa shape index (κ3) is 10.6. The number of nitrogens with zero attached hydrogens (tertiary/aromatic N) is 1. The van der Waals surface area contributed by atoms with Crippen LogP contribution in [0.25, 0.3) is 0 Å². The van der Waals surface area contributed by atoms with Gasteiger partial charge >= 0.3 is 6.09 Å².